The molecule has 1 aromatic rings. The summed E-state index contributed by atoms with van der Waals surface area (Å²) < 4.78 is 5.18. The highest BCUT2D eigenvalue weighted by atomic mass is 16.5. The molecule has 2 N–H and O–H groups in total. The first-order valence-electron chi connectivity index (χ1n) is 5.61. The first-order valence-corrected chi connectivity index (χ1v) is 5.61. The Balaban J connectivity index is 2.02. The highest BCUT2D eigenvalue weighted by molar-refractivity contribution is 5.16. The van der Waals surface area contributed by atoms with Crippen LogP contribution in [0.1, 0.15) is 18.5 Å². The van der Waals surface area contributed by atoms with E-state index in [2.05, 4.69) is 14.9 Å². The van der Waals surface area contributed by atoms with Gasteiger partial charge in [0.2, 0.25) is 5.88 Å². The minimum atomic E-state index is 0.288. The van der Waals surface area contributed by atoms with Crippen LogP contribution in [0.5, 0.6) is 5.88 Å². The topological polar surface area (TPSA) is 64.3 Å². The largest absolute Gasteiger partial charge is 0.480 e. The lowest BCUT2D eigenvalue weighted by Gasteiger charge is -2.30. The number of hydrogen-bond acceptors (Lipinski definition) is 5. The second-order valence-electron chi connectivity index (χ2n) is 4.15. The fourth-order valence-electron chi connectivity index (χ4n) is 2.08. The van der Waals surface area contributed by atoms with Gasteiger partial charge in [-0.2, -0.15) is 0 Å². The average Bonchev–Trinajstić information content (AvgIpc) is 2.30. The lowest BCUT2D eigenvalue weighted by Crippen LogP contribution is -2.42. The number of ether oxygens (including phenoxy) is 1. The molecule has 1 atom stereocenters. The fraction of sp³-hybridized carbons (Fsp3) is 0.636. The summed E-state index contributed by atoms with van der Waals surface area (Å²) in [5.41, 5.74) is 6.83. The molecule has 2 heterocycles. The summed E-state index contributed by atoms with van der Waals surface area (Å²) in [5, 5.41) is 0. The molecule has 1 saturated heterocycles. The van der Waals surface area contributed by atoms with E-state index in [0.29, 0.717) is 5.88 Å². The maximum atomic E-state index is 5.94. The molecule has 1 fully saturated rings. The van der Waals surface area contributed by atoms with Gasteiger partial charge in [-0.3, -0.25) is 9.88 Å². The van der Waals surface area contributed by atoms with Crippen LogP contribution in [0.3, 0.4) is 0 Å². The molecule has 0 aromatic carbocycles. The number of aromatic nitrogens is 2. The van der Waals surface area contributed by atoms with Crippen molar-refractivity contribution >= 4 is 0 Å². The van der Waals surface area contributed by atoms with Crippen LogP contribution in [0.2, 0.25) is 0 Å². The Kier molecular flexibility index (Phi) is 3.69. The van der Waals surface area contributed by atoms with Crippen LogP contribution in [-0.4, -0.2) is 41.1 Å². The zero-order valence-electron chi connectivity index (χ0n) is 9.59. The van der Waals surface area contributed by atoms with Crippen molar-refractivity contribution in [3.8, 4) is 5.88 Å². The first-order chi connectivity index (χ1) is 7.79. The Morgan fingerprint density at radius 1 is 1.50 bits per heavy atom. The molecule has 2 rings (SSSR count). The molecule has 1 aliphatic rings. The molecule has 1 aliphatic heterocycles. The van der Waals surface area contributed by atoms with Crippen LogP contribution < -0.4 is 10.5 Å². The molecule has 16 heavy (non-hydrogen) atoms. The number of likely N-dealkylation sites (tertiary alicyclic amines) is 1. The third-order valence-corrected chi connectivity index (χ3v) is 2.84. The number of rotatable bonds is 3. The Labute approximate surface area is 95.6 Å². The van der Waals surface area contributed by atoms with Gasteiger partial charge in [0.15, 0.2) is 0 Å². The summed E-state index contributed by atoms with van der Waals surface area (Å²) >= 11 is 0. The molecule has 88 valence electrons. The van der Waals surface area contributed by atoms with Gasteiger partial charge in [0.25, 0.3) is 0 Å². The normalized spacial score (nSPS) is 22.0. The molecular formula is C11H18N4O. The predicted molar refractivity (Wildman–Crippen MR) is 61.1 cm³/mol. The Morgan fingerprint density at radius 2 is 2.31 bits per heavy atom. The monoisotopic (exact) mass is 222 g/mol. The summed E-state index contributed by atoms with van der Waals surface area (Å²) in [6.45, 7) is 2.78. The van der Waals surface area contributed by atoms with E-state index < -0.39 is 0 Å². The number of piperidine rings is 1. The first kappa shape index (κ1) is 11.3. The van der Waals surface area contributed by atoms with Crippen LogP contribution in [-0.2, 0) is 6.54 Å². The van der Waals surface area contributed by atoms with Gasteiger partial charge in [-0.05, 0) is 19.4 Å². The highest BCUT2D eigenvalue weighted by Crippen LogP contribution is 2.16. The number of nitrogens with zero attached hydrogens (tertiary/aromatic N) is 3. The molecule has 0 spiro atoms. The highest BCUT2D eigenvalue weighted by Gasteiger charge is 2.18. The molecular weight excluding hydrogens is 204 g/mol. The third kappa shape index (κ3) is 2.68. The molecule has 0 aliphatic carbocycles. The number of methoxy groups -OCH3 is 1. The second-order valence-corrected chi connectivity index (χ2v) is 4.15. The van der Waals surface area contributed by atoms with Gasteiger partial charge in [-0.1, -0.05) is 0 Å². The quantitative estimate of drug-likeness (QED) is 0.802. The molecule has 1 aromatic heterocycles. The minimum Gasteiger partial charge on any atom is -0.480 e. The van der Waals surface area contributed by atoms with E-state index in [1.165, 1.54) is 0 Å². The van der Waals surface area contributed by atoms with Gasteiger partial charge in [0.05, 0.1) is 7.11 Å². The maximum absolute atomic E-state index is 5.94. The third-order valence-electron chi connectivity index (χ3n) is 2.84. The van der Waals surface area contributed by atoms with Crippen LogP contribution >= 0.6 is 0 Å². The Morgan fingerprint density at radius 3 is 3.06 bits per heavy atom. The summed E-state index contributed by atoms with van der Waals surface area (Å²) in [5.74, 6) is 0.613. The molecule has 0 bridgehead atoms. The van der Waals surface area contributed by atoms with Crippen molar-refractivity contribution in [2.45, 2.75) is 25.4 Å². The minimum absolute atomic E-state index is 0.288. The molecule has 0 unspecified atom stereocenters. The van der Waals surface area contributed by atoms with Crippen LogP contribution in [0, 0.1) is 0 Å². The molecule has 0 radical (unpaired) electrons. The number of nitrogens with two attached hydrogens (primary N) is 1. The smallest absolute Gasteiger partial charge is 0.236 e. The van der Waals surface area contributed by atoms with Crippen molar-refractivity contribution in [1.29, 1.82) is 0 Å². The van der Waals surface area contributed by atoms with Gasteiger partial charge >= 0.3 is 0 Å². The average molecular weight is 222 g/mol. The SMILES string of the molecule is COc1nccnc1CN1CCC[C@H](N)C1. The van der Waals surface area contributed by atoms with E-state index in [1.54, 1.807) is 19.5 Å². The summed E-state index contributed by atoms with van der Waals surface area (Å²) in [6.07, 6.45) is 5.61. The van der Waals surface area contributed by atoms with Crippen molar-refractivity contribution in [3.63, 3.8) is 0 Å². The van der Waals surface area contributed by atoms with Crippen molar-refractivity contribution in [1.82, 2.24) is 14.9 Å². The van der Waals surface area contributed by atoms with Gasteiger partial charge in [-0.15, -0.1) is 0 Å². The van der Waals surface area contributed by atoms with E-state index >= 15 is 0 Å². The van der Waals surface area contributed by atoms with Gasteiger partial charge in [-0.25, -0.2) is 4.98 Å². The zero-order valence-corrected chi connectivity index (χ0v) is 9.59. The Hall–Kier alpha value is -1.20. The predicted octanol–water partition coefficient (Wildman–Crippen LogP) is 0.408. The number of hydrogen-bond donors (Lipinski definition) is 1. The molecule has 5 heteroatoms. The van der Waals surface area contributed by atoms with Crippen LogP contribution in [0.4, 0.5) is 0 Å². The van der Waals surface area contributed by atoms with Crippen LogP contribution in [0.15, 0.2) is 12.4 Å². The van der Waals surface area contributed by atoms with Crippen molar-refractivity contribution in [2.24, 2.45) is 5.73 Å². The standard InChI is InChI=1S/C11H18N4O/c1-16-11-10(13-4-5-14-11)8-15-6-2-3-9(12)7-15/h4-5,9H,2-3,6-8,12H2,1H3/t9-/m0/s1. The van der Waals surface area contributed by atoms with Gasteiger partial charge in [0, 0.05) is 31.5 Å². The van der Waals surface area contributed by atoms with E-state index in [0.717, 1.165) is 38.2 Å². The molecule has 0 saturated carbocycles. The summed E-state index contributed by atoms with van der Waals surface area (Å²) in [7, 11) is 1.62. The maximum Gasteiger partial charge on any atom is 0.236 e. The van der Waals surface area contributed by atoms with Crippen LogP contribution in [0.25, 0.3) is 0 Å². The van der Waals surface area contributed by atoms with Crippen molar-refractivity contribution < 1.29 is 4.74 Å². The van der Waals surface area contributed by atoms with Gasteiger partial charge < -0.3 is 10.5 Å². The van der Waals surface area contributed by atoms with Crippen molar-refractivity contribution in [3.05, 3.63) is 18.1 Å². The fourth-order valence-corrected chi connectivity index (χ4v) is 2.08. The molecule has 0 amide bonds. The molecule has 5 nitrogen and oxygen atoms in total. The van der Waals surface area contributed by atoms with E-state index in [4.69, 9.17) is 10.5 Å². The lowest BCUT2D eigenvalue weighted by molar-refractivity contribution is 0.196. The Bertz CT molecular complexity index is 345. The lowest BCUT2D eigenvalue weighted by atomic mass is 10.1. The van der Waals surface area contributed by atoms with E-state index in [-0.39, 0.29) is 6.04 Å². The van der Waals surface area contributed by atoms with Crippen molar-refractivity contribution in [2.75, 3.05) is 20.2 Å². The van der Waals surface area contributed by atoms with Gasteiger partial charge in [0.1, 0.15) is 5.69 Å². The zero-order chi connectivity index (χ0) is 11.4. The second kappa shape index (κ2) is 5.23. The summed E-state index contributed by atoms with van der Waals surface area (Å²) in [6, 6.07) is 0.288. The van der Waals surface area contributed by atoms with E-state index in [9.17, 15) is 0 Å². The summed E-state index contributed by atoms with van der Waals surface area (Å²) in [4.78, 5) is 10.7. The van der Waals surface area contributed by atoms with E-state index in [1.807, 2.05) is 0 Å².